The van der Waals surface area contributed by atoms with E-state index >= 15 is 0 Å². The summed E-state index contributed by atoms with van der Waals surface area (Å²) < 4.78 is 5.70. The lowest BCUT2D eigenvalue weighted by atomic mass is 9.69. The van der Waals surface area contributed by atoms with E-state index < -0.39 is 17.9 Å². The summed E-state index contributed by atoms with van der Waals surface area (Å²) in [5.74, 6) is -0.956. The first kappa shape index (κ1) is 36.6. The largest absolute Gasteiger partial charge is 0.484 e. The number of aliphatic hydroxyl groups is 1. The number of carbonyl (C=O) groups excluding carboxylic acids is 1. The number of aliphatic hydroxyl groups excluding tert-OH is 1. The average molecular weight is 604 g/mol. The summed E-state index contributed by atoms with van der Waals surface area (Å²) in [5, 5.41) is 21.8. The van der Waals surface area contributed by atoms with E-state index in [4.69, 9.17) is 9.84 Å². The molecule has 0 saturated heterocycles. The van der Waals surface area contributed by atoms with Crippen LogP contribution in [-0.4, -0.2) is 40.8 Å². The zero-order chi connectivity index (χ0) is 33.1. The molecule has 0 aliphatic rings. The standard InChI is InChI=1S/C31H45NO5.C7H8/c1-9-31(10-2,24-13-11-23(20(3)17-24)12-16-27(33)30(6,7)8)25-14-15-26(21(4)18-25)37-19-28(34)32-22(5)29(35)36;1-7-5-3-2-4-6-7/h11,13-15,17-18,22,27,33H,9-10,12,16,19H2,1-8H3,(H,32,34)(H,35,36);2-6H,1H3/t22-,27?;/m1./s1. The van der Waals surface area contributed by atoms with E-state index in [-0.39, 0.29) is 23.5 Å². The molecule has 6 heteroatoms. The molecule has 0 heterocycles. The molecule has 3 aromatic carbocycles. The second-order valence-electron chi connectivity index (χ2n) is 12.9. The Kier molecular flexibility index (Phi) is 13.7. The van der Waals surface area contributed by atoms with Gasteiger partial charge in [0.15, 0.2) is 6.61 Å². The second kappa shape index (κ2) is 16.4. The van der Waals surface area contributed by atoms with Crippen molar-refractivity contribution in [2.45, 2.75) is 106 Å². The van der Waals surface area contributed by atoms with Crippen molar-refractivity contribution in [3.8, 4) is 5.75 Å². The normalized spacial score (nSPS) is 12.9. The van der Waals surface area contributed by atoms with Gasteiger partial charge >= 0.3 is 5.97 Å². The number of carbonyl (C=O) groups is 2. The summed E-state index contributed by atoms with van der Waals surface area (Å²) >= 11 is 0. The van der Waals surface area contributed by atoms with Gasteiger partial charge in [0.05, 0.1) is 6.10 Å². The van der Waals surface area contributed by atoms with Crippen molar-refractivity contribution in [1.29, 1.82) is 0 Å². The molecule has 44 heavy (non-hydrogen) atoms. The fourth-order valence-corrected chi connectivity index (χ4v) is 5.36. The highest BCUT2D eigenvalue weighted by Gasteiger charge is 2.31. The molecule has 0 saturated carbocycles. The van der Waals surface area contributed by atoms with Gasteiger partial charge in [-0.15, -0.1) is 0 Å². The summed E-state index contributed by atoms with van der Waals surface area (Å²) in [7, 11) is 0. The van der Waals surface area contributed by atoms with Gasteiger partial charge in [-0.1, -0.05) is 101 Å². The van der Waals surface area contributed by atoms with Crippen molar-refractivity contribution in [2.24, 2.45) is 5.41 Å². The predicted octanol–water partition coefficient (Wildman–Crippen LogP) is 7.71. The molecule has 2 atom stereocenters. The molecule has 1 unspecified atom stereocenters. The number of ether oxygens (including phenoxy) is 1. The Morgan fingerprint density at radius 3 is 1.89 bits per heavy atom. The van der Waals surface area contributed by atoms with Gasteiger partial charge in [-0.3, -0.25) is 9.59 Å². The first-order chi connectivity index (χ1) is 20.6. The van der Waals surface area contributed by atoms with Gasteiger partial charge in [-0.05, 0) is 92.7 Å². The molecule has 0 bridgehead atoms. The van der Waals surface area contributed by atoms with Gasteiger partial charge in [0.1, 0.15) is 11.8 Å². The molecule has 0 radical (unpaired) electrons. The van der Waals surface area contributed by atoms with Crippen LogP contribution in [0.1, 0.15) is 94.2 Å². The fraction of sp³-hybridized carbons (Fsp3) is 0.474. The maximum absolute atomic E-state index is 12.0. The first-order valence-corrected chi connectivity index (χ1v) is 15.7. The van der Waals surface area contributed by atoms with Crippen LogP contribution in [0.5, 0.6) is 5.75 Å². The Bertz CT molecular complexity index is 1360. The number of hydrogen-bond donors (Lipinski definition) is 3. The van der Waals surface area contributed by atoms with Crippen molar-refractivity contribution in [3.05, 3.63) is 100 Å². The SMILES string of the molecule is CCC(CC)(c1ccc(CCC(O)C(C)(C)C)c(C)c1)c1ccc(OCC(=O)N[C@H](C)C(=O)O)c(C)c1.Cc1ccccc1. The van der Waals surface area contributed by atoms with E-state index in [1.54, 1.807) is 0 Å². The zero-order valence-electron chi connectivity index (χ0n) is 28.2. The Labute approximate surface area is 264 Å². The molecule has 0 spiro atoms. The van der Waals surface area contributed by atoms with Gasteiger partial charge in [0.2, 0.25) is 0 Å². The number of hydrogen-bond acceptors (Lipinski definition) is 4. The number of nitrogens with one attached hydrogen (secondary N) is 1. The molecular formula is C38H53NO5. The smallest absolute Gasteiger partial charge is 0.325 e. The quantitative estimate of drug-likeness (QED) is 0.197. The van der Waals surface area contributed by atoms with Crippen molar-refractivity contribution < 1.29 is 24.5 Å². The topological polar surface area (TPSA) is 95.9 Å². The molecular weight excluding hydrogens is 550 g/mol. The van der Waals surface area contributed by atoms with Crippen LogP contribution in [0.25, 0.3) is 0 Å². The second-order valence-corrected chi connectivity index (χ2v) is 12.9. The highest BCUT2D eigenvalue weighted by atomic mass is 16.5. The molecule has 3 rings (SSSR count). The summed E-state index contributed by atoms with van der Waals surface area (Å²) in [5.41, 5.74) is 6.93. The number of aryl methyl sites for hydroxylation is 4. The molecule has 3 N–H and O–H groups in total. The summed E-state index contributed by atoms with van der Waals surface area (Å²) in [6.45, 7) is 18.0. The zero-order valence-corrected chi connectivity index (χ0v) is 28.2. The Morgan fingerprint density at radius 1 is 0.864 bits per heavy atom. The number of benzene rings is 3. The van der Waals surface area contributed by atoms with Crippen molar-refractivity contribution >= 4 is 11.9 Å². The van der Waals surface area contributed by atoms with Crippen LogP contribution in [0.2, 0.25) is 0 Å². The van der Waals surface area contributed by atoms with Crippen LogP contribution >= 0.6 is 0 Å². The van der Waals surface area contributed by atoms with E-state index in [1.807, 2.05) is 31.2 Å². The number of amides is 1. The predicted molar refractivity (Wildman–Crippen MR) is 179 cm³/mol. The number of carboxylic acid groups (broad SMARTS) is 1. The summed E-state index contributed by atoms with van der Waals surface area (Å²) in [4.78, 5) is 23.0. The average Bonchev–Trinajstić information content (AvgIpc) is 2.97. The minimum atomic E-state index is -1.09. The van der Waals surface area contributed by atoms with E-state index in [0.717, 1.165) is 31.2 Å². The Morgan fingerprint density at radius 2 is 1.43 bits per heavy atom. The van der Waals surface area contributed by atoms with E-state index in [2.05, 4.69) is 96.2 Å². The third kappa shape index (κ3) is 10.2. The van der Waals surface area contributed by atoms with Crippen molar-refractivity contribution in [2.75, 3.05) is 6.61 Å². The Balaban J connectivity index is 0.000000843. The van der Waals surface area contributed by atoms with Gasteiger partial charge in [-0.2, -0.15) is 0 Å². The van der Waals surface area contributed by atoms with Crippen LogP contribution in [0, 0.1) is 26.2 Å². The highest BCUT2D eigenvalue weighted by molar-refractivity contribution is 5.84. The van der Waals surface area contributed by atoms with Crippen molar-refractivity contribution in [3.63, 3.8) is 0 Å². The summed E-state index contributed by atoms with van der Waals surface area (Å²) in [6.07, 6.45) is 3.11. The van der Waals surface area contributed by atoms with Crippen LogP contribution in [0.4, 0.5) is 0 Å². The first-order valence-electron chi connectivity index (χ1n) is 15.7. The lowest BCUT2D eigenvalue weighted by Gasteiger charge is -2.34. The molecule has 0 aromatic heterocycles. The van der Waals surface area contributed by atoms with Crippen LogP contribution in [-0.2, 0) is 21.4 Å². The lowest BCUT2D eigenvalue weighted by Crippen LogP contribution is -2.40. The van der Waals surface area contributed by atoms with Gasteiger partial charge in [0, 0.05) is 5.41 Å². The third-order valence-corrected chi connectivity index (χ3v) is 8.56. The third-order valence-electron chi connectivity index (χ3n) is 8.56. The van der Waals surface area contributed by atoms with E-state index in [0.29, 0.717) is 5.75 Å². The van der Waals surface area contributed by atoms with Crippen LogP contribution in [0.15, 0.2) is 66.7 Å². The maximum Gasteiger partial charge on any atom is 0.325 e. The van der Waals surface area contributed by atoms with Gasteiger partial charge < -0.3 is 20.3 Å². The van der Waals surface area contributed by atoms with Crippen molar-refractivity contribution in [1.82, 2.24) is 5.32 Å². The molecule has 0 fully saturated rings. The monoisotopic (exact) mass is 603 g/mol. The number of carboxylic acids is 1. The Hall–Kier alpha value is -3.64. The minimum absolute atomic E-state index is 0.123. The molecule has 6 nitrogen and oxygen atoms in total. The molecule has 0 aliphatic heterocycles. The minimum Gasteiger partial charge on any atom is -0.484 e. The van der Waals surface area contributed by atoms with Crippen LogP contribution in [0.3, 0.4) is 0 Å². The van der Waals surface area contributed by atoms with E-state index in [9.17, 15) is 14.7 Å². The maximum atomic E-state index is 12.0. The van der Waals surface area contributed by atoms with Gasteiger partial charge in [0.25, 0.3) is 5.91 Å². The number of aliphatic carboxylic acids is 1. The van der Waals surface area contributed by atoms with E-state index in [1.165, 1.54) is 34.7 Å². The fourth-order valence-electron chi connectivity index (χ4n) is 5.36. The number of rotatable bonds is 12. The van der Waals surface area contributed by atoms with Gasteiger partial charge in [-0.25, -0.2) is 0 Å². The molecule has 1 amide bonds. The molecule has 240 valence electrons. The highest BCUT2D eigenvalue weighted by Crippen LogP contribution is 2.41. The molecule has 0 aliphatic carbocycles. The lowest BCUT2D eigenvalue weighted by molar-refractivity contribution is -0.141. The van der Waals surface area contributed by atoms with Crippen LogP contribution < -0.4 is 10.1 Å². The summed E-state index contributed by atoms with van der Waals surface area (Å²) in [6, 6.07) is 22.1. The molecule has 3 aromatic rings.